The van der Waals surface area contributed by atoms with E-state index in [4.69, 9.17) is 0 Å². The maximum atomic E-state index is 12.9. The van der Waals surface area contributed by atoms with Gasteiger partial charge in [0.15, 0.2) is 0 Å². The van der Waals surface area contributed by atoms with Crippen LogP contribution in [0.3, 0.4) is 0 Å². The molecule has 1 fully saturated rings. The second kappa shape index (κ2) is 9.54. The topological polar surface area (TPSA) is 98.8 Å². The number of fused-ring (bicyclic) bond motifs is 1. The molecule has 0 saturated carbocycles. The summed E-state index contributed by atoms with van der Waals surface area (Å²) in [5, 5.41) is 6.08. The van der Waals surface area contributed by atoms with Crippen LogP contribution in [0.2, 0.25) is 0 Å². The summed E-state index contributed by atoms with van der Waals surface area (Å²) in [7, 11) is 0.0374. The molecule has 2 N–H and O–H groups in total. The lowest BCUT2D eigenvalue weighted by molar-refractivity contribution is 0.0962. The molecule has 0 bridgehead atoms. The van der Waals surface area contributed by atoms with Gasteiger partial charge in [-0.1, -0.05) is 6.92 Å². The highest BCUT2D eigenvalue weighted by molar-refractivity contribution is 7.89. The van der Waals surface area contributed by atoms with E-state index in [0.717, 1.165) is 42.8 Å². The van der Waals surface area contributed by atoms with E-state index in [1.54, 1.807) is 7.05 Å². The van der Waals surface area contributed by atoms with Crippen molar-refractivity contribution >= 4 is 38.2 Å². The Morgan fingerprint density at radius 3 is 2.36 bits per heavy atom. The Labute approximate surface area is 199 Å². The number of rotatable bonds is 5. The molecule has 1 saturated heterocycles. The summed E-state index contributed by atoms with van der Waals surface area (Å²) in [5.74, 6) is -0.0574. The fraction of sp³-hybridized carbons (Fsp3) is 0.478. The van der Waals surface area contributed by atoms with E-state index < -0.39 is 10.0 Å². The fourth-order valence-electron chi connectivity index (χ4n) is 4.31. The first kappa shape index (κ1) is 23.9. The standard InChI is InChI=1S/C23H30N4O4S2/c1-15-8-12-27(13-9-15)33(30,31)17-6-4-16(5-7-17)21(28)25-23-20(22(29)24-2)18-10-11-26(3)14-19(18)32-23/h4-7,15H,8-14H2,1-3H3,(H,24,29)(H,25,28). The Hall–Kier alpha value is -2.27. The number of likely N-dealkylation sites (N-methyl/N-ethyl adjacent to an activating group) is 1. The summed E-state index contributed by atoms with van der Waals surface area (Å²) in [6, 6.07) is 6.01. The Morgan fingerprint density at radius 2 is 1.73 bits per heavy atom. The Bertz CT molecular complexity index is 1150. The number of carbonyl (C=O) groups excluding carboxylic acids is 2. The van der Waals surface area contributed by atoms with Crippen LogP contribution < -0.4 is 10.6 Å². The largest absolute Gasteiger partial charge is 0.355 e. The van der Waals surface area contributed by atoms with Crippen molar-refractivity contribution in [2.75, 3.05) is 39.0 Å². The molecule has 178 valence electrons. The minimum Gasteiger partial charge on any atom is -0.355 e. The minimum absolute atomic E-state index is 0.189. The highest BCUT2D eigenvalue weighted by Gasteiger charge is 2.29. The first-order valence-corrected chi connectivity index (χ1v) is 13.4. The predicted octanol–water partition coefficient (Wildman–Crippen LogP) is 2.77. The van der Waals surface area contributed by atoms with Crippen LogP contribution in [-0.4, -0.2) is 63.2 Å². The summed E-state index contributed by atoms with van der Waals surface area (Å²) in [6.07, 6.45) is 2.46. The summed E-state index contributed by atoms with van der Waals surface area (Å²) < 4.78 is 27.4. The van der Waals surface area contributed by atoms with E-state index in [0.29, 0.717) is 35.1 Å². The molecule has 10 heteroatoms. The molecule has 33 heavy (non-hydrogen) atoms. The average Bonchev–Trinajstić information content (AvgIpc) is 3.15. The average molecular weight is 491 g/mol. The number of sulfonamides is 1. The van der Waals surface area contributed by atoms with Crippen LogP contribution in [0.15, 0.2) is 29.2 Å². The number of anilines is 1. The number of amides is 2. The molecule has 2 aliphatic heterocycles. The number of carbonyl (C=O) groups is 2. The van der Waals surface area contributed by atoms with Crippen molar-refractivity contribution in [1.29, 1.82) is 0 Å². The highest BCUT2D eigenvalue weighted by Crippen LogP contribution is 2.37. The number of thiophene rings is 1. The lowest BCUT2D eigenvalue weighted by Gasteiger charge is -2.29. The SMILES string of the molecule is CNC(=O)c1c(NC(=O)c2ccc(S(=O)(=O)N3CCC(C)CC3)cc2)sc2c1CCN(C)C2. The molecule has 2 amide bonds. The number of piperidine rings is 1. The van der Waals surface area contributed by atoms with Crippen LogP contribution in [0.25, 0.3) is 0 Å². The molecular weight excluding hydrogens is 460 g/mol. The molecule has 0 atom stereocenters. The summed E-state index contributed by atoms with van der Waals surface area (Å²) in [6.45, 7) is 4.77. The zero-order chi connectivity index (χ0) is 23.8. The summed E-state index contributed by atoms with van der Waals surface area (Å²) >= 11 is 1.42. The van der Waals surface area contributed by atoms with Crippen molar-refractivity contribution in [3.63, 3.8) is 0 Å². The first-order valence-electron chi connectivity index (χ1n) is 11.2. The molecule has 0 aliphatic carbocycles. The van der Waals surface area contributed by atoms with E-state index in [-0.39, 0.29) is 16.7 Å². The van der Waals surface area contributed by atoms with Crippen molar-refractivity contribution in [3.05, 3.63) is 45.8 Å². The number of benzene rings is 1. The van der Waals surface area contributed by atoms with E-state index in [1.807, 2.05) is 7.05 Å². The van der Waals surface area contributed by atoms with Crippen LogP contribution in [-0.2, 0) is 23.0 Å². The van der Waals surface area contributed by atoms with E-state index in [2.05, 4.69) is 22.5 Å². The monoisotopic (exact) mass is 490 g/mol. The van der Waals surface area contributed by atoms with Crippen molar-refractivity contribution in [2.45, 2.75) is 37.6 Å². The first-order chi connectivity index (χ1) is 15.7. The third-order valence-corrected chi connectivity index (χ3v) is 9.47. The molecule has 4 rings (SSSR count). The number of hydrogen-bond acceptors (Lipinski definition) is 6. The lowest BCUT2D eigenvalue weighted by atomic mass is 10.0. The van der Waals surface area contributed by atoms with Crippen LogP contribution in [0.5, 0.6) is 0 Å². The third kappa shape index (κ3) is 4.84. The Balaban J connectivity index is 1.53. The van der Waals surface area contributed by atoms with Crippen molar-refractivity contribution in [2.24, 2.45) is 5.92 Å². The van der Waals surface area contributed by atoms with Crippen LogP contribution in [0, 0.1) is 5.92 Å². The van der Waals surface area contributed by atoms with Gasteiger partial charge in [-0.25, -0.2) is 8.42 Å². The van der Waals surface area contributed by atoms with E-state index in [1.165, 1.54) is 39.9 Å². The lowest BCUT2D eigenvalue weighted by Crippen LogP contribution is -2.37. The molecule has 0 radical (unpaired) electrons. The zero-order valence-corrected chi connectivity index (χ0v) is 20.8. The second-order valence-corrected chi connectivity index (χ2v) is 11.9. The van der Waals surface area contributed by atoms with Crippen molar-refractivity contribution in [3.8, 4) is 0 Å². The van der Waals surface area contributed by atoms with Crippen LogP contribution in [0.4, 0.5) is 5.00 Å². The quantitative estimate of drug-likeness (QED) is 0.672. The number of nitrogens with zero attached hydrogens (tertiary/aromatic N) is 2. The smallest absolute Gasteiger partial charge is 0.256 e. The third-order valence-electron chi connectivity index (χ3n) is 6.43. The van der Waals surface area contributed by atoms with Crippen molar-refractivity contribution < 1.29 is 18.0 Å². The Kier molecular flexibility index (Phi) is 6.90. The van der Waals surface area contributed by atoms with Crippen molar-refractivity contribution in [1.82, 2.24) is 14.5 Å². The summed E-state index contributed by atoms with van der Waals surface area (Å²) in [5.41, 5.74) is 1.86. The molecule has 1 aromatic carbocycles. The molecule has 0 unspecified atom stereocenters. The van der Waals surface area contributed by atoms with Gasteiger partial charge in [-0.05, 0) is 62.1 Å². The van der Waals surface area contributed by atoms with Gasteiger partial charge in [-0.2, -0.15) is 4.31 Å². The van der Waals surface area contributed by atoms with E-state index >= 15 is 0 Å². The molecule has 0 spiro atoms. The normalized spacial score (nSPS) is 18.0. The molecule has 1 aromatic heterocycles. The van der Waals surface area contributed by atoms with Gasteiger partial charge in [0.05, 0.1) is 10.5 Å². The number of hydrogen-bond donors (Lipinski definition) is 2. The van der Waals surface area contributed by atoms with Gasteiger partial charge >= 0.3 is 0 Å². The number of nitrogens with one attached hydrogen (secondary N) is 2. The highest BCUT2D eigenvalue weighted by atomic mass is 32.2. The maximum Gasteiger partial charge on any atom is 0.256 e. The fourth-order valence-corrected chi connectivity index (χ4v) is 7.10. The van der Waals surface area contributed by atoms with E-state index in [9.17, 15) is 18.0 Å². The van der Waals surface area contributed by atoms with Gasteiger partial charge in [-0.15, -0.1) is 11.3 Å². The zero-order valence-electron chi connectivity index (χ0n) is 19.2. The maximum absolute atomic E-state index is 12.9. The van der Waals surface area contributed by atoms with Gasteiger partial charge in [0.25, 0.3) is 11.8 Å². The van der Waals surface area contributed by atoms with Gasteiger partial charge in [-0.3, -0.25) is 9.59 Å². The van der Waals surface area contributed by atoms with Crippen LogP contribution in [0.1, 0.15) is 50.9 Å². The molecule has 8 nitrogen and oxygen atoms in total. The van der Waals surface area contributed by atoms with Crippen LogP contribution >= 0.6 is 11.3 Å². The van der Waals surface area contributed by atoms with Gasteiger partial charge in [0.1, 0.15) is 5.00 Å². The summed E-state index contributed by atoms with van der Waals surface area (Å²) in [4.78, 5) is 28.9. The van der Waals surface area contributed by atoms with Gasteiger partial charge < -0.3 is 15.5 Å². The minimum atomic E-state index is -3.57. The molecular formula is C23H30N4O4S2. The molecule has 2 aromatic rings. The molecule has 2 aliphatic rings. The second-order valence-electron chi connectivity index (χ2n) is 8.84. The predicted molar refractivity (Wildman–Crippen MR) is 129 cm³/mol. The Morgan fingerprint density at radius 1 is 1.06 bits per heavy atom. The van der Waals surface area contributed by atoms with Gasteiger partial charge in [0, 0.05) is 43.7 Å². The van der Waals surface area contributed by atoms with Gasteiger partial charge in [0.2, 0.25) is 10.0 Å². The molecule has 3 heterocycles.